The van der Waals surface area contributed by atoms with Gasteiger partial charge in [0.2, 0.25) is 5.95 Å². The first-order valence-electron chi connectivity index (χ1n) is 10.2. The summed E-state index contributed by atoms with van der Waals surface area (Å²) in [5.41, 5.74) is 8.58. The Labute approximate surface area is 177 Å². The Kier molecular flexibility index (Phi) is 6.18. The minimum atomic E-state index is 0.477. The van der Waals surface area contributed by atoms with Crippen LogP contribution < -0.4 is 19.9 Å². The van der Waals surface area contributed by atoms with Crippen molar-refractivity contribution in [2.75, 3.05) is 32.4 Å². The van der Waals surface area contributed by atoms with Crippen molar-refractivity contribution >= 4 is 5.95 Å². The van der Waals surface area contributed by atoms with Gasteiger partial charge in [-0.1, -0.05) is 12.1 Å². The molecule has 2 heterocycles. The van der Waals surface area contributed by atoms with Crippen molar-refractivity contribution in [1.82, 2.24) is 15.4 Å². The Morgan fingerprint density at radius 3 is 2.73 bits per heavy atom. The lowest BCUT2D eigenvalue weighted by molar-refractivity contribution is 0.146. The van der Waals surface area contributed by atoms with E-state index in [1.54, 1.807) is 26.6 Å². The van der Waals surface area contributed by atoms with Crippen LogP contribution in [0.15, 0.2) is 54.1 Å². The van der Waals surface area contributed by atoms with E-state index < -0.39 is 0 Å². The second kappa shape index (κ2) is 9.17. The summed E-state index contributed by atoms with van der Waals surface area (Å²) in [6.07, 6.45) is 10.7. The molecule has 1 N–H and O–H groups in total. The van der Waals surface area contributed by atoms with Crippen LogP contribution in [0.25, 0.3) is 0 Å². The molecule has 1 aromatic carbocycles. The van der Waals surface area contributed by atoms with Gasteiger partial charge in [-0.3, -0.25) is 5.43 Å². The summed E-state index contributed by atoms with van der Waals surface area (Å²) in [6, 6.07) is 6.34. The van der Waals surface area contributed by atoms with E-state index >= 15 is 0 Å². The summed E-state index contributed by atoms with van der Waals surface area (Å²) < 4.78 is 16.0. The van der Waals surface area contributed by atoms with E-state index in [4.69, 9.17) is 14.2 Å². The van der Waals surface area contributed by atoms with Crippen LogP contribution in [-0.2, 0) is 4.74 Å². The van der Waals surface area contributed by atoms with Gasteiger partial charge in [0.1, 0.15) is 12.4 Å². The normalized spacial score (nSPS) is 18.1. The van der Waals surface area contributed by atoms with Crippen LogP contribution in [0.3, 0.4) is 0 Å². The van der Waals surface area contributed by atoms with Crippen molar-refractivity contribution in [3.8, 4) is 11.5 Å². The van der Waals surface area contributed by atoms with E-state index in [0.29, 0.717) is 30.8 Å². The van der Waals surface area contributed by atoms with Crippen molar-refractivity contribution in [1.29, 1.82) is 0 Å². The van der Waals surface area contributed by atoms with Gasteiger partial charge in [-0.25, -0.2) is 15.0 Å². The standard InChI is InChI=1S/C23H28N4O3/c1-16-21(5-4-6-22(16)29-3)17-7-8-18-15-27(26-12-19(18)11-17)23-24-13-20(14-25-23)30-10-9-28-2/h4-6,12-15,17,26H,7-11H2,1-3H3. The molecule has 1 aliphatic heterocycles. The van der Waals surface area contributed by atoms with Gasteiger partial charge < -0.3 is 14.2 Å². The third-order valence-corrected chi connectivity index (χ3v) is 5.68. The molecule has 4 rings (SSSR count). The monoisotopic (exact) mass is 408 g/mol. The zero-order chi connectivity index (χ0) is 20.9. The van der Waals surface area contributed by atoms with Crippen LogP contribution in [0.1, 0.15) is 36.3 Å². The molecule has 1 fully saturated rings. The molecular weight excluding hydrogens is 380 g/mol. The highest BCUT2D eigenvalue weighted by Gasteiger charge is 2.27. The number of fused-ring (bicyclic) bond motifs is 1. The molecular formula is C23H28N4O3. The quantitative estimate of drug-likeness (QED) is 0.697. The molecule has 0 spiro atoms. The van der Waals surface area contributed by atoms with Crippen LogP contribution in [0, 0.1) is 6.92 Å². The van der Waals surface area contributed by atoms with E-state index in [-0.39, 0.29) is 0 Å². The molecule has 0 radical (unpaired) electrons. The first-order chi connectivity index (χ1) is 14.7. The number of nitrogens with one attached hydrogen (secondary N) is 1. The van der Waals surface area contributed by atoms with Gasteiger partial charge in [0, 0.05) is 19.5 Å². The highest BCUT2D eigenvalue weighted by Crippen LogP contribution is 2.42. The second-order valence-electron chi connectivity index (χ2n) is 7.50. The second-order valence-corrected chi connectivity index (χ2v) is 7.50. The van der Waals surface area contributed by atoms with Crippen LogP contribution in [-0.4, -0.2) is 37.4 Å². The Morgan fingerprint density at radius 2 is 1.97 bits per heavy atom. The number of allylic oxidation sites excluding steroid dienone is 2. The highest BCUT2D eigenvalue weighted by molar-refractivity contribution is 5.48. The summed E-state index contributed by atoms with van der Waals surface area (Å²) in [4.78, 5) is 8.82. The van der Waals surface area contributed by atoms with E-state index in [1.807, 2.05) is 11.1 Å². The van der Waals surface area contributed by atoms with Gasteiger partial charge >= 0.3 is 0 Å². The number of hydrazine groups is 1. The smallest absolute Gasteiger partial charge is 0.248 e. The summed E-state index contributed by atoms with van der Waals surface area (Å²) in [5, 5.41) is 1.86. The van der Waals surface area contributed by atoms with E-state index in [2.05, 4.69) is 46.9 Å². The maximum absolute atomic E-state index is 5.53. The fourth-order valence-electron chi connectivity index (χ4n) is 4.06. The molecule has 7 nitrogen and oxygen atoms in total. The van der Waals surface area contributed by atoms with E-state index in [1.165, 1.54) is 22.3 Å². The maximum atomic E-state index is 5.53. The van der Waals surface area contributed by atoms with E-state index in [9.17, 15) is 0 Å². The number of ether oxygens (including phenoxy) is 3. The molecule has 0 saturated heterocycles. The zero-order valence-corrected chi connectivity index (χ0v) is 17.7. The molecule has 30 heavy (non-hydrogen) atoms. The van der Waals surface area contributed by atoms with Gasteiger partial charge in [0.15, 0.2) is 5.75 Å². The van der Waals surface area contributed by atoms with Gasteiger partial charge in [0.05, 0.1) is 26.1 Å². The average molecular weight is 409 g/mol. The molecule has 1 saturated carbocycles. The van der Waals surface area contributed by atoms with Crippen molar-refractivity contribution in [3.63, 3.8) is 0 Å². The number of hydrogen-bond acceptors (Lipinski definition) is 7. The molecule has 1 aromatic heterocycles. The number of hydrogen-bond donors (Lipinski definition) is 1. The summed E-state index contributed by atoms with van der Waals surface area (Å²) in [6.45, 7) is 3.16. The number of anilines is 1. The van der Waals surface area contributed by atoms with Crippen molar-refractivity contribution in [3.05, 3.63) is 65.3 Å². The first-order valence-corrected chi connectivity index (χ1v) is 10.2. The topological polar surface area (TPSA) is 68.7 Å². The van der Waals surface area contributed by atoms with Gasteiger partial charge in [-0.15, -0.1) is 0 Å². The number of aromatic nitrogens is 2. The summed E-state index contributed by atoms with van der Waals surface area (Å²) >= 11 is 0. The minimum Gasteiger partial charge on any atom is -0.496 e. The van der Waals surface area contributed by atoms with Crippen molar-refractivity contribution in [2.45, 2.75) is 32.1 Å². The minimum absolute atomic E-state index is 0.477. The van der Waals surface area contributed by atoms with E-state index in [0.717, 1.165) is 25.0 Å². The van der Waals surface area contributed by atoms with Crippen LogP contribution in [0.5, 0.6) is 11.5 Å². The zero-order valence-electron chi connectivity index (χ0n) is 17.7. The van der Waals surface area contributed by atoms with Crippen LogP contribution >= 0.6 is 0 Å². The lowest BCUT2D eigenvalue weighted by Crippen LogP contribution is -2.35. The first kappa shape index (κ1) is 20.2. The molecule has 2 aromatic rings. The summed E-state index contributed by atoms with van der Waals surface area (Å²) in [7, 11) is 3.38. The number of nitrogens with zero attached hydrogens (tertiary/aromatic N) is 3. The number of rotatable bonds is 7. The predicted octanol–water partition coefficient (Wildman–Crippen LogP) is 3.88. The Morgan fingerprint density at radius 1 is 1.13 bits per heavy atom. The highest BCUT2D eigenvalue weighted by atomic mass is 16.5. The average Bonchev–Trinajstić information content (AvgIpc) is 2.79. The molecule has 1 aliphatic carbocycles. The molecule has 2 aliphatic rings. The lowest BCUT2D eigenvalue weighted by atomic mass is 9.77. The molecule has 1 unspecified atom stereocenters. The summed E-state index contributed by atoms with van der Waals surface area (Å²) in [5.74, 6) is 2.67. The largest absolute Gasteiger partial charge is 0.496 e. The molecule has 1 atom stereocenters. The Balaban J connectivity index is 1.43. The molecule has 158 valence electrons. The van der Waals surface area contributed by atoms with Crippen molar-refractivity contribution in [2.24, 2.45) is 0 Å². The van der Waals surface area contributed by atoms with Gasteiger partial charge in [-0.2, -0.15) is 0 Å². The van der Waals surface area contributed by atoms with Gasteiger partial charge in [0.25, 0.3) is 0 Å². The molecule has 7 heteroatoms. The third kappa shape index (κ3) is 4.26. The Bertz CT molecular complexity index is 940. The SMILES string of the molecule is COCCOc1cnc(N2C=C3CCC(c4cccc(OC)c4C)CC3=CN2)nc1. The maximum Gasteiger partial charge on any atom is 0.248 e. The Hall–Kier alpha value is -3.06. The van der Waals surface area contributed by atoms with Crippen LogP contribution in [0.4, 0.5) is 5.95 Å². The van der Waals surface area contributed by atoms with Crippen molar-refractivity contribution < 1.29 is 14.2 Å². The predicted molar refractivity (Wildman–Crippen MR) is 116 cm³/mol. The molecule has 0 bridgehead atoms. The fourth-order valence-corrected chi connectivity index (χ4v) is 4.06. The van der Waals surface area contributed by atoms with Crippen LogP contribution in [0.2, 0.25) is 0 Å². The number of methoxy groups -OCH3 is 2. The molecule has 0 amide bonds. The van der Waals surface area contributed by atoms with Gasteiger partial charge in [-0.05, 0) is 60.4 Å². The number of benzene rings is 1. The lowest BCUT2D eigenvalue weighted by Gasteiger charge is -2.33. The third-order valence-electron chi connectivity index (χ3n) is 5.68. The fraction of sp³-hybridized carbons (Fsp3) is 0.391.